The highest BCUT2D eigenvalue weighted by Crippen LogP contribution is 2.37. The van der Waals surface area contributed by atoms with Crippen molar-refractivity contribution in [1.29, 1.82) is 0 Å². The van der Waals surface area contributed by atoms with Crippen LogP contribution in [0.25, 0.3) is 22.4 Å². The van der Waals surface area contributed by atoms with Gasteiger partial charge in [0.15, 0.2) is 0 Å². The molecule has 4 nitrogen and oxygen atoms in total. The van der Waals surface area contributed by atoms with Crippen molar-refractivity contribution in [3.8, 4) is 33.9 Å². The summed E-state index contributed by atoms with van der Waals surface area (Å²) in [6, 6.07) is 19.1. The number of aromatic hydroxyl groups is 1. The van der Waals surface area contributed by atoms with Gasteiger partial charge < -0.3 is 9.84 Å². The highest BCUT2D eigenvalue weighted by Gasteiger charge is 2.15. The Morgan fingerprint density at radius 2 is 1.66 bits per heavy atom. The maximum Gasteiger partial charge on any atom is 0.128 e. The number of aryl methyl sites for hydroxylation is 2. The summed E-state index contributed by atoms with van der Waals surface area (Å²) in [4.78, 5) is 0. The van der Waals surface area contributed by atoms with Crippen LogP contribution in [0.5, 0.6) is 11.5 Å². The average Bonchev–Trinajstić information content (AvgIpc) is 3.16. The first-order chi connectivity index (χ1) is 14.0. The molecule has 0 amide bonds. The molecule has 0 aliphatic rings. The van der Waals surface area contributed by atoms with Gasteiger partial charge in [-0.05, 0) is 49.2 Å². The van der Waals surface area contributed by atoms with Crippen molar-refractivity contribution in [2.45, 2.75) is 20.5 Å². The van der Waals surface area contributed by atoms with Crippen LogP contribution in [0.1, 0.15) is 16.7 Å². The van der Waals surface area contributed by atoms with Crippen LogP contribution in [0.2, 0.25) is 5.02 Å². The van der Waals surface area contributed by atoms with Gasteiger partial charge in [0.2, 0.25) is 0 Å². The first-order valence-corrected chi connectivity index (χ1v) is 9.70. The van der Waals surface area contributed by atoms with Crippen molar-refractivity contribution in [1.82, 2.24) is 10.2 Å². The molecule has 0 bridgehead atoms. The summed E-state index contributed by atoms with van der Waals surface area (Å²) in [6.07, 6.45) is 1.86. The van der Waals surface area contributed by atoms with Gasteiger partial charge in [-0.2, -0.15) is 5.10 Å². The van der Waals surface area contributed by atoms with Crippen molar-refractivity contribution >= 4 is 11.6 Å². The molecule has 0 saturated carbocycles. The lowest BCUT2D eigenvalue weighted by Crippen LogP contribution is -1.95. The van der Waals surface area contributed by atoms with Crippen LogP contribution in [0, 0.1) is 13.8 Å². The lowest BCUT2D eigenvalue weighted by Gasteiger charge is -2.10. The minimum absolute atomic E-state index is 0.122. The Labute approximate surface area is 174 Å². The minimum Gasteiger partial charge on any atom is -0.507 e. The van der Waals surface area contributed by atoms with Crippen molar-refractivity contribution in [3.05, 3.63) is 88.6 Å². The molecule has 0 aliphatic carbocycles. The highest BCUT2D eigenvalue weighted by atomic mass is 35.5. The van der Waals surface area contributed by atoms with E-state index in [0.29, 0.717) is 28.6 Å². The molecule has 0 aliphatic heterocycles. The average molecular weight is 405 g/mol. The van der Waals surface area contributed by atoms with Gasteiger partial charge in [0.25, 0.3) is 0 Å². The van der Waals surface area contributed by atoms with Gasteiger partial charge in [0, 0.05) is 28.4 Å². The number of nitrogens with one attached hydrogen (secondary N) is 1. The Morgan fingerprint density at radius 3 is 2.34 bits per heavy atom. The minimum atomic E-state index is 0.122. The first kappa shape index (κ1) is 19.1. The Kier molecular flexibility index (Phi) is 5.28. The second-order valence-electron chi connectivity index (χ2n) is 7.12. The lowest BCUT2D eigenvalue weighted by molar-refractivity contribution is 0.304. The number of benzene rings is 3. The van der Waals surface area contributed by atoms with Gasteiger partial charge in [-0.25, -0.2) is 0 Å². The fourth-order valence-corrected chi connectivity index (χ4v) is 3.52. The molecule has 0 fully saturated rings. The normalized spacial score (nSPS) is 10.9. The van der Waals surface area contributed by atoms with E-state index < -0.39 is 0 Å². The molecule has 5 heteroatoms. The predicted octanol–water partition coefficient (Wildman–Crippen LogP) is 6.30. The number of H-pyrrole nitrogens is 1. The number of halogens is 1. The standard InChI is InChI=1S/C24H21ClN2O2/c1-15-9-16(2)11-18(10-15)22-13-26-27-24(22)21-8-7-20(12-23(21)28)29-14-17-3-5-19(25)6-4-17/h3-13,28H,14H2,1-2H3,(H,26,27). The van der Waals surface area contributed by atoms with Crippen LogP contribution in [-0.2, 0) is 6.61 Å². The summed E-state index contributed by atoms with van der Waals surface area (Å²) in [5, 5.41) is 18.6. The van der Waals surface area contributed by atoms with Gasteiger partial charge in [-0.1, -0.05) is 53.1 Å². The number of hydrogen-bond donors (Lipinski definition) is 2. The molecular weight excluding hydrogens is 384 g/mol. The lowest BCUT2D eigenvalue weighted by atomic mass is 9.98. The Hall–Kier alpha value is -3.24. The topological polar surface area (TPSA) is 58.1 Å². The molecule has 0 unspecified atom stereocenters. The van der Waals surface area contributed by atoms with E-state index in [1.807, 2.05) is 42.6 Å². The molecule has 0 saturated heterocycles. The number of aromatic amines is 1. The molecule has 146 valence electrons. The van der Waals surface area contributed by atoms with E-state index in [1.54, 1.807) is 6.07 Å². The number of aromatic nitrogens is 2. The van der Waals surface area contributed by atoms with E-state index in [2.05, 4.69) is 42.2 Å². The Balaban J connectivity index is 1.59. The quantitative estimate of drug-likeness (QED) is 0.410. The molecule has 29 heavy (non-hydrogen) atoms. The molecule has 3 aromatic carbocycles. The van der Waals surface area contributed by atoms with Gasteiger partial charge in [0.1, 0.15) is 23.8 Å². The number of phenols is 1. The van der Waals surface area contributed by atoms with E-state index in [1.165, 1.54) is 11.1 Å². The second-order valence-corrected chi connectivity index (χ2v) is 7.55. The smallest absolute Gasteiger partial charge is 0.128 e. The van der Waals surface area contributed by atoms with E-state index in [-0.39, 0.29) is 5.75 Å². The van der Waals surface area contributed by atoms with Gasteiger partial charge in [-0.15, -0.1) is 0 Å². The predicted molar refractivity (Wildman–Crippen MR) is 116 cm³/mol. The summed E-state index contributed by atoms with van der Waals surface area (Å²) in [5.41, 5.74) is 6.73. The van der Waals surface area contributed by atoms with Crippen LogP contribution < -0.4 is 4.74 Å². The van der Waals surface area contributed by atoms with Crippen LogP contribution in [0.3, 0.4) is 0 Å². The highest BCUT2D eigenvalue weighted by molar-refractivity contribution is 6.30. The summed E-state index contributed by atoms with van der Waals surface area (Å²) >= 11 is 5.91. The fourth-order valence-electron chi connectivity index (χ4n) is 3.39. The maximum absolute atomic E-state index is 10.6. The number of hydrogen-bond acceptors (Lipinski definition) is 3. The summed E-state index contributed by atoms with van der Waals surface area (Å²) in [7, 11) is 0. The van der Waals surface area contributed by atoms with Crippen molar-refractivity contribution in [3.63, 3.8) is 0 Å². The third-order valence-electron chi connectivity index (χ3n) is 4.72. The summed E-state index contributed by atoms with van der Waals surface area (Å²) in [5.74, 6) is 0.709. The van der Waals surface area contributed by atoms with Gasteiger partial charge >= 0.3 is 0 Å². The number of phenolic OH excluding ortho intramolecular Hbond substituents is 1. The Bertz CT molecular complexity index is 1130. The number of ether oxygens (including phenoxy) is 1. The zero-order valence-corrected chi connectivity index (χ0v) is 17.0. The molecule has 1 heterocycles. The second kappa shape index (κ2) is 8.02. The van der Waals surface area contributed by atoms with Crippen molar-refractivity contribution < 1.29 is 9.84 Å². The molecule has 4 rings (SSSR count). The Morgan fingerprint density at radius 1 is 0.931 bits per heavy atom. The van der Waals surface area contributed by atoms with Crippen molar-refractivity contribution in [2.24, 2.45) is 0 Å². The van der Waals surface area contributed by atoms with Gasteiger partial charge in [-0.3, -0.25) is 5.10 Å². The third kappa shape index (κ3) is 4.28. The SMILES string of the molecule is Cc1cc(C)cc(-c2c[nH]nc2-c2ccc(OCc3ccc(Cl)cc3)cc2O)c1. The molecule has 0 radical (unpaired) electrons. The van der Waals surface area contributed by atoms with E-state index in [9.17, 15) is 5.11 Å². The van der Waals surface area contributed by atoms with E-state index in [4.69, 9.17) is 16.3 Å². The molecule has 0 atom stereocenters. The monoisotopic (exact) mass is 404 g/mol. The van der Waals surface area contributed by atoms with Crippen LogP contribution in [0.15, 0.2) is 66.9 Å². The third-order valence-corrected chi connectivity index (χ3v) is 4.97. The molecule has 2 N–H and O–H groups in total. The van der Waals surface area contributed by atoms with Crippen molar-refractivity contribution in [2.75, 3.05) is 0 Å². The van der Waals surface area contributed by atoms with Crippen LogP contribution in [-0.4, -0.2) is 15.3 Å². The van der Waals surface area contributed by atoms with Gasteiger partial charge in [0.05, 0.1) is 0 Å². The number of nitrogens with zero attached hydrogens (tertiary/aromatic N) is 1. The van der Waals surface area contributed by atoms with E-state index >= 15 is 0 Å². The zero-order chi connectivity index (χ0) is 20.4. The summed E-state index contributed by atoms with van der Waals surface area (Å²) in [6.45, 7) is 4.53. The first-order valence-electron chi connectivity index (χ1n) is 9.32. The number of rotatable bonds is 5. The largest absolute Gasteiger partial charge is 0.507 e. The van der Waals surface area contributed by atoms with Crippen LogP contribution in [0.4, 0.5) is 0 Å². The van der Waals surface area contributed by atoms with Crippen LogP contribution >= 0.6 is 11.6 Å². The zero-order valence-electron chi connectivity index (χ0n) is 16.2. The molecule has 4 aromatic rings. The maximum atomic E-state index is 10.6. The van der Waals surface area contributed by atoms with E-state index in [0.717, 1.165) is 16.7 Å². The summed E-state index contributed by atoms with van der Waals surface area (Å²) < 4.78 is 5.80. The molecule has 1 aromatic heterocycles. The molecule has 0 spiro atoms. The molecular formula is C24H21ClN2O2. The fraction of sp³-hybridized carbons (Fsp3) is 0.125.